The number of phenolic OH excluding ortho intramolecular Hbond substituents is 1. The number of quaternary nitrogens is 1. The van der Waals surface area contributed by atoms with Crippen LogP contribution in [0.5, 0.6) is 5.75 Å². The molecule has 3 heterocycles. The molecule has 3 aromatic carbocycles. The fourth-order valence-corrected chi connectivity index (χ4v) is 5.47. The van der Waals surface area contributed by atoms with Gasteiger partial charge in [-0.05, 0) is 54.1 Å². The van der Waals surface area contributed by atoms with E-state index in [-0.39, 0.29) is 35.3 Å². The second-order valence-corrected chi connectivity index (χ2v) is 10.7. The van der Waals surface area contributed by atoms with Crippen molar-refractivity contribution in [3.05, 3.63) is 95.8 Å². The van der Waals surface area contributed by atoms with Crippen molar-refractivity contribution in [3.8, 4) is 5.75 Å². The fourth-order valence-electron chi connectivity index (χ4n) is 5.47. The third-order valence-electron chi connectivity index (χ3n) is 7.73. The molecule has 3 saturated heterocycles. The van der Waals surface area contributed by atoms with Crippen molar-refractivity contribution >= 4 is 23.4 Å². The van der Waals surface area contributed by atoms with Gasteiger partial charge in [0.05, 0.1) is 13.1 Å². The molecule has 0 aliphatic carbocycles. The second-order valence-electron chi connectivity index (χ2n) is 10.7. The zero-order valence-electron chi connectivity index (χ0n) is 22.9. The Morgan fingerprint density at radius 2 is 1.53 bits per heavy atom. The number of fused-ring (bicyclic) bond motifs is 3. The van der Waals surface area contributed by atoms with Gasteiger partial charge in [-0.3, -0.25) is 4.79 Å². The molecule has 0 amide bonds. The van der Waals surface area contributed by atoms with Gasteiger partial charge in [0, 0.05) is 30.0 Å². The molecule has 0 aromatic heterocycles. The van der Waals surface area contributed by atoms with Crippen molar-refractivity contribution in [2.75, 3.05) is 31.5 Å². The summed E-state index contributed by atoms with van der Waals surface area (Å²) < 4.78 is 51.7. The third kappa shape index (κ3) is 8.31. The molecule has 0 spiro atoms. The molecular formula is C31H30F4N2O6. The maximum atomic E-state index is 13.5. The van der Waals surface area contributed by atoms with Crippen LogP contribution in [0.1, 0.15) is 34.8 Å². The number of carboxylic acids is 1. The molecule has 0 saturated carbocycles. The van der Waals surface area contributed by atoms with E-state index in [2.05, 4.69) is 5.32 Å². The van der Waals surface area contributed by atoms with Gasteiger partial charge in [-0.1, -0.05) is 30.3 Å². The number of anilines is 1. The van der Waals surface area contributed by atoms with E-state index in [9.17, 15) is 32.3 Å². The molecule has 3 aliphatic rings. The van der Waals surface area contributed by atoms with E-state index in [1.54, 1.807) is 24.3 Å². The zero-order valence-corrected chi connectivity index (χ0v) is 22.9. The van der Waals surface area contributed by atoms with Gasteiger partial charge in [0.2, 0.25) is 5.78 Å². The number of esters is 1. The first kappa shape index (κ1) is 31.5. The highest BCUT2D eigenvalue weighted by Gasteiger charge is 2.49. The maximum Gasteiger partial charge on any atom is 0.430 e. The van der Waals surface area contributed by atoms with E-state index in [1.165, 1.54) is 24.3 Å². The van der Waals surface area contributed by atoms with Crippen LogP contribution in [0.15, 0.2) is 78.9 Å². The highest BCUT2D eigenvalue weighted by Crippen LogP contribution is 2.37. The molecule has 0 unspecified atom stereocenters. The van der Waals surface area contributed by atoms with Crippen molar-refractivity contribution in [2.24, 2.45) is 5.92 Å². The summed E-state index contributed by atoms with van der Waals surface area (Å²) in [6.45, 7) is 2.73. The number of aromatic hydroxyl groups is 1. The van der Waals surface area contributed by atoms with Crippen molar-refractivity contribution in [1.82, 2.24) is 0 Å². The topological polar surface area (TPSA) is 116 Å². The maximum absolute atomic E-state index is 13.5. The quantitative estimate of drug-likeness (QED) is 0.173. The summed E-state index contributed by atoms with van der Waals surface area (Å²) >= 11 is 0. The number of halogens is 4. The van der Waals surface area contributed by atoms with Crippen LogP contribution in [0, 0.1) is 11.7 Å². The number of alkyl halides is 3. The van der Waals surface area contributed by atoms with Crippen LogP contribution in [0.2, 0.25) is 0 Å². The minimum absolute atomic E-state index is 0.0283. The summed E-state index contributed by atoms with van der Waals surface area (Å²) in [4.78, 5) is 35.3. The van der Waals surface area contributed by atoms with Gasteiger partial charge in [-0.25, -0.2) is 9.18 Å². The molecular weight excluding hydrogens is 572 g/mol. The number of carboxylic acid groups (broad SMARTS) is 1. The summed E-state index contributed by atoms with van der Waals surface area (Å²) in [5.41, 5.74) is 1.97. The fraction of sp³-hybridized carbons (Fsp3) is 0.323. The predicted molar refractivity (Wildman–Crippen MR) is 145 cm³/mol. The SMILES string of the molecule is O=C(C[N+]12CCC(CC1)[C@@H](OC(=O)[C@H](Nc1ccc(F)cc1)c1ccccc1)C2)c1ccc(O)cc1.O=C([O-])C(F)(F)F. The van der Waals surface area contributed by atoms with Crippen LogP contribution in [-0.4, -0.2) is 65.8 Å². The van der Waals surface area contributed by atoms with Crippen molar-refractivity contribution in [1.29, 1.82) is 0 Å². The second kappa shape index (κ2) is 13.2. The molecule has 2 atom stereocenters. The third-order valence-corrected chi connectivity index (χ3v) is 7.73. The number of nitrogens with zero attached hydrogens (tertiary/aromatic N) is 1. The van der Waals surface area contributed by atoms with E-state index in [0.29, 0.717) is 28.8 Å². The molecule has 6 rings (SSSR count). The van der Waals surface area contributed by atoms with Gasteiger partial charge in [0.1, 0.15) is 30.6 Å². The zero-order chi connectivity index (χ0) is 31.2. The number of carbonyl (C=O) groups excluding carboxylic acids is 3. The van der Waals surface area contributed by atoms with Gasteiger partial charge in [0.25, 0.3) is 0 Å². The predicted octanol–water partition coefficient (Wildman–Crippen LogP) is 4.02. The number of hydrogen-bond acceptors (Lipinski definition) is 7. The first-order chi connectivity index (χ1) is 20.3. The summed E-state index contributed by atoms with van der Waals surface area (Å²) in [7, 11) is 0. The Labute approximate surface area is 245 Å². The minimum atomic E-state index is -5.19. The Morgan fingerprint density at radius 1 is 0.953 bits per heavy atom. The molecule has 2 bridgehead atoms. The van der Waals surface area contributed by atoms with Gasteiger partial charge in [0.15, 0.2) is 12.1 Å². The number of hydrogen-bond donors (Lipinski definition) is 2. The number of carbonyl (C=O) groups is 3. The average Bonchev–Trinajstić information content (AvgIpc) is 2.98. The number of ether oxygens (including phenoxy) is 1. The molecule has 0 radical (unpaired) electrons. The number of piperidine rings is 3. The molecule has 43 heavy (non-hydrogen) atoms. The number of ketones is 1. The first-order valence-electron chi connectivity index (χ1n) is 13.6. The molecule has 8 nitrogen and oxygen atoms in total. The van der Waals surface area contributed by atoms with Gasteiger partial charge in [-0.15, -0.1) is 0 Å². The van der Waals surface area contributed by atoms with E-state index in [1.807, 2.05) is 30.3 Å². The average molecular weight is 603 g/mol. The lowest BCUT2D eigenvalue weighted by Crippen LogP contribution is -2.65. The normalized spacial score (nSPS) is 21.6. The van der Waals surface area contributed by atoms with Gasteiger partial charge in [-0.2, -0.15) is 13.2 Å². The van der Waals surface area contributed by atoms with E-state index in [0.717, 1.165) is 31.5 Å². The number of benzene rings is 3. The largest absolute Gasteiger partial charge is 0.542 e. The smallest absolute Gasteiger partial charge is 0.430 e. The van der Waals surface area contributed by atoms with Crippen LogP contribution in [0.4, 0.5) is 23.2 Å². The molecule has 3 fully saturated rings. The van der Waals surface area contributed by atoms with Crippen molar-refractivity contribution in [3.63, 3.8) is 0 Å². The first-order valence-corrected chi connectivity index (χ1v) is 13.6. The number of aliphatic carboxylic acids is 1. The van der Waals surface area contributed by atoms with E-state index < -0.39 is 18.2 Å². The minimum Gasteiger partial charge on any atom is -0.542 e. The molecule has 3 aromatic rings. The summed E-state index contributed by atoms with van der Waals surface area (Å²) in [6, 6.07) is 20.9. The molecule has 3 aliphatic heterocycles. The van der Waals surface area contributed by atoms with Crippen LogP contribution in [-0.2, 0) is 14.3 Å². The Morgan fingerprint density at radius 3 is 2.09 bits per heavy atom. The molecule has 12 heteroatoms. The lowest BCUT2D eigenvalue weighted by atomic mass is 9.82. The van der Waals surface area contributed by atoms with Gasteiger partial charge < -0.3 is 29.5 Å². The van der Waals surface area contributed by atoms with Crippen molar-refractivity contribution < 1.29 is 51.4 Å². The van der Waals surface area contributed by atoms with Crippen LogP contribution in [0.25, 0.3) is 0 Å². The standard InChI is InChI=1S/C29H29FN2O4.C2HF3O2/c30-23-8-10-24(11-9-23)31-28(22-4-2-1-3-5-22)29(35)36-27-19-32(16-14-21(27)15-17-32)18-26(34)20-6-12-25(33)13-7-20;3-2(4,5)1(6)7/h1-13,21,27-28,31H,14-19H2;(H,6,7)/t21?,27-,28+,32?;/m0./s1. The number of rotatable bonds is 8. The van der Waals surface area contributed by atoms with E-state index in [4.69, 9.17) is 14.6 Å². The Kier molecular flexibility index (Phi) is 9.70. The Hall–Kier alpha value is -4.45. The van der Waals surface area contributed by atoms with Crippen LogP contribution < -0.4 is 10.4 Å². The van der Waals surface area contributed by atoms with Crippen molar-refractivity contribution in [2.45, 2.75) is 31.2 Å². The number of Topliss-reactive ketones (excluding diaryl/α,β-unsaturated/α-hetero) is 1. The van der Waals surface area contributed by atoms with Crippen LogP contribution >= 0.6 is 0 Å². The summed E-state index contributed by atoms with van der Waals surface area (Å²) in [5, 5.41) is 21.5. The highest BCUT2D eigenvalue weighted by atomic mass is 19.4. The molecule has 2 N–H and O–H groups in total. The monoisotopic (exact) mass is 602 g/mol. The summed E-state index contributed by atoms with van der Waals surface area (Å²) in [5.74, 6) is -3.30. The number of phenols is 1. The Balaban J connectivity index is 0.000000541. The van der Waals surface area contributed by atoms with Crippen LogP contribution in [0.3, 0.4) is 0 Å². The van der Waals surface area contributed by atoms with Gasteiger partial charge >= 0.3 is 12.1 Å². The summed E-state index contributed by atoms with van der Waals surface area (Å²) in [6.07, 6.45) is -3.65. The Bertz CT molecular complexity index is 1410. The lowest BCUT2D eigenvalue weighted by molar-refractivity contribution is -0.938. The van der Waals surface area contributed by atoms with E-state index >= 15 is 0 Å². The lowest BCUT2D eigenvalue weighted by Gasteiger charge is -2.51. The highest BCUT2D eigenvalue weighted by molar-refractivity contribution is 5.97. The molecule has 228 valence electrons. The number of nitrogens with one attached hydrogen (secondary N) is 1.